The molecule has 5 nitrogen and oxygen atoms in total. The summed E-state index contributed by atoms with van der Waals surface area (Å²) in [7, 11) is 1.84. The Morgan fingerprint density at radius 3 is 2.53 bits per heavy atom. The van der Waals surface area contributed by atoms with Crippen LogP contribution in [0.2, 0.25) is 0 Å². The summed E-state index contributed by atoms with van der Waals surface area (Å²) in [5.74, 6) is 2.05. The molecule has 19 heavy (non-hydrogen) atoms. The van der Waals surface area contributed by atoms with E-state index in [1.165, 1.54) is 32.7 Å². The minimum absolute atomic E-state index is 0. The SMILES string of the molecule is CN=C(NCCSC)NCC1CN2CCN1CC2.I. The highest BCUT2D eigenvalue weighted by molar-refractivity contribution is 14.0. The van der Waals surface area contributed by atoms with Gasteiger partial charge < -0.3 is 10.6 Å². The van der Waals surface area contributed by atoms with Gasteiger partial charge in [0.25, 0.3) is 0 Å². The summed E-state index contributed by atoms with van der Waals surface area (Å²) in [6.07, 6.45) is 2.12. The predicted octanol–water partition coefficient (Wildman–Crippen LogP) is 0.132. The van der Waals surface area contributed by atoms with Crippen LogP contribution in [0.3, 0.4) is 0 Å². The molecule has 0 aliphatic carbocycles. The fourth-order valence-electron chi connectivity index (χ4n) is 2.62. The number of fused-ring (bicyclic) bond motifs is 3. The van der Waals surface area contributed by atoms with Crippen LogP contribution in [0.1, 0.15) is 0 Å². The molecule has 3 aliphatic heterocycles. The van der Waals surface area contributed by atoms with Crippen molar-refractivity contribution in [3.05, 3.63) is 0 Å². The van der Waals surface area contributed by atoms with E-state index in [0.29, 0.717) is 6.04 Å². The Morgan fingerprint density at radius 1 is 1.26 bits per heavy atom. The molecule has 3 aliphatic rings. The Bertz CT molecular complexity index is 281. The molecule has 0 spiro atoms. The maximum Gasteiger partial charge on any atom is 0.191 e. The lowest BCUT2D eigenvalue weighted by atomic mass is 10.1. The Labute approximate surface area is 138 Å². The fraction of sp³-hybridized carbons (Fsp3) is 0.917. The third-order valence-corrected chi connectivity index (χ3v) is 4.33. The van der Waals surface area contributed by atoms with Gasteiger partial charge in [-0.1, -0.05) is 0 Å². The van der Waals surface area contributed by atoms with E-state index >= 15 is 0 Å². The average Bonchev–Trinajstić information content (AvgIpc) is 2.44. The van der Waals surface area contributed by atoms with E-state index in [1.807, 2.05) is 18.8 Å². The molecule has 0 aromatic heterocycles. The third kappa shape index (κ3) is 5.28. The molecule has 3 saturated heterocycles. The van der Waals surface area contributed by atoms with Crippen molar-refractivity contribution in [1.29, 1.82) is 0 Å². The first-order chi connectivity index (χ1) is 8.83. The molecule has 1 atom stereocenters. The van der Waals surface area contributed by atoms with Crippen molar-refractivity contribution < 1.29 is 0 Å². The van der Waals surface area contributed by atoms with Crippen LogP contribution in [-0.2, 0) is 0 Å². The number of hydrogen-bond donors (Lipinski definition) is 2. The van der Waals surface area contributed by atoms with Crippen LogP contribution in [0.5, 0.6) is 0 Å². The van der Waals surface area contributed by atoms with Crippen molar-refractivity contribution in [2.75, 3.05) is 64.9 Å². The Kier molecular flexibility index (Phi) is 8.43. The lowest BCUT2D eigenvalue weighted by Gasteiger charge is -2.47. The molecular formula is C12H26IN5S. The van der Waals surface area contributed by atoms with Crippen molar-refractivity contribution in [2.24, 2.45) is 4.99 Å². The molecule has 2 bridgehead atoms. The van der Waals surface area contributed by atoms with E-state index in [9.17, 15) is 0 Å². The zero-order valence-electron chi connectivity index (χ0n) is 11.9. The van der Waals surface area contributed by atoms with E-state index in [4.69, 9.17) is 0 Å². The summed E-state index contributed by atoms with van der Waals surface area (Å²) >= 11 is 1.85. The summed E-state index contributed by atoms with van der Waals surface area (Å²) in [5.41, 5.74) is 0. The number of nitrogens with zero attached hydrogens (tertiary/aromatic N) is 3. The predicted molar refractivity (Wildman–Crippen MR) is 95.0 cm³/mol. The van der Waals surface area contributed by atoms with Gasteiger partial charge in [0, 0.05) is 64.7 Å². The second-order valence-electron chi connectivity index (χ2n) is 4.86. The second-order valence-corrected chi connectivity index (χ2v) is 5.85. The van der Waals surface area contributed by atoms with Crippen LogP contribution in [0.25, 0.3) is 0 Å². The maximum atomic E-state index is 4.26. The van der Waals surface area contributed by atoms with Crippen molar-refractivity contribution in [2.45, 2.75) is 6.04 Å². The van der Waals surface area contributed by atoms with Gasteiger partial charge in [-0.2, -0.15) is 11.8 Å². The largest absolute Gasteiger partial charge is 0.356 e. The minimum atomic E-state index is 0. The van der Waals surface area contributed by atoms with Crippen molar-refractivity contribution in [3.63, 3.8) is 0 Å². The molecule has 3 rings (SSSR count). The number of halogens is 1. The fourth-order valence-corrected chi connectivity index (χ4v) is 2.93. The number of hydrogen-bond acceptors (Lipinski definition) is 4. The van der Waals surface area contributed by atoms with Gasteiger partial charge in [0.15, 0.2) is 5.96 Å². The van der Waals surface area contributed by atoms with Crippen LogP contribution in [0, 0.1) is 0 Å². The Morgan fingerprint density at radius 2 is 2.00 bits per heavy atom. The second kappa shape index (κ2) is 9.25. The highest BCUT2D eigenvalue weighted by atomic mass is 127. The van der Waals surface area contributed by atoms with E-state index < -0.39 is 0 Å². The Hall–Kier alpha value is 0.270. The van der Waals surface area contributed by atoms with Gasteiger partial charge in [0.05, 0.1) is 0 Å². The highest BCUT2D eigenvalue weighted by Gasteiger charge is 2.31. The van der Waals surface area contributed by atoms with Crippen LogP contribution >= 0.6 is 35.7 Å². The molecule has 2 N–H and O–H groups in total. The number of aliphatic imine (C=N–C) groups is 1. The first kappa shape index (κ1) is 17.3. The quantitative estimate of drug-likeness (QED) is 0.298. The molecule has 7 heteroatoms. The zero-order valence-corrected chi connectivity index (χ0v) is 15.0. The van der Waals surface area contributed by atoms with E-state index in [0.717, 1.165) is 24.8 Å². The molecule has 0 radical (unpaired) electrons. The zero-order chi connectivity index (χ0) is 12.8. The van der Waals surface area contributed by atoms with Crippen LogP contribution in [0.4, 0.5) is 0 Å². The molecule has 1 unspecified atom stereocenters. The number of piperazine rings is 3. The van der Waals surface area contributed by atoms with Crippen molar-refractivity contribution in [1.82, 2.24) is 20.4 Å². The van der Waals surface area contributed by atoms with Gasteiger partial charge >= 0.3 is 0 Å². The van der Waals surface area contributed by atoms with Gasteiger partial charge in [-0.25, -0.2) is 0 Å². The maximum absolute atomic E-state index is 4.26. The topological polar surface area (TPSA) is 42.9 Å². The first-order valence-electron chi connectivity index (χ1n) is 6.73. The normalized spacial score (nSPS) is 29.8. The van der Waals surface area contributed by atoms with Gasteiger partial charge in [0.2, 0.25) is 0 Å². The summed E-state index contributed by atoms with van der Waals surface area (Å²) in [6, 6.07) is 0.645. The summed E-state index contributed by atoms with van der Waals surface area (Å²) in [5, 5.41) is 6.78. The van der Waals surface area contributed by atoms with Crippen LogP contribution < -0.4 is 10.6 Å². The van der Waals surface area contributed by atoms with E-state index in [-0.39, 0.29) is 24.0 Å². The first-order valence-corrected chi connectivity index (χ1v) is 8.12. The van der Waals surface area contributed by atoms with Crippen LogP contribution in [-0.4, -0.2) is 86.7 Å². The van der Waals surface area contributed by atoms with Crippen molar-refractivity contribution >= 4 is 41.7 Å². The van der Waals surface area contributed by atoms with Gasteiger partial charge in [-0.3, -0.25) is 14.8 Å². The minimum Gasteiger partial charge on any atom is -0.356 e. The van der Waals surface area contributed by atoms with E-state index in [2.05, 4.69) is 31.7 Å². The molecule has 0 aromatic carbocycles. The third-order valence-electron chi connectivity index (χ3n) is 3.72. The summed E-state index contributed by atoms with van der Waals surface area (Å²) in [4.78, 5) is 9.42. The van der Waals surface area contributed by atoms with Crippen molar-refractivity contribution in [3.8, 4) is 0 Å². The average molecular weight is 399 g/mol. The number of nitrogens with one attached hydrogen (secondary N) is 2. The molecule has 3 fully saturated rings. The van der Waals surface area contributed by atoms with E-state index in [1.54, 1.807) is 0 Å². The molecule has 0 saturated carbocycles. The lowest BCUT2D eigenvalue weighted by molar-refractivity contribution is 0.0154. The Balaban J connectivity index is 0.00000180. The smallest absolute Gasteiger partial charge is 0.191 e. The lowest BCUT2D eigenvalue weighted by Crippen LogP contribution is -2.63. The number of rotatable bonds is 5. The van der Waals surface area contributed by atoms with Gasteiger partial charge in [-0.15, -0.1) is 24.0 Å². The number of guanidine groups is 1. The summed E-state index contributed by atoms with van der Waals surface area (Å²) in [6.45, 7) is 8.12. The number of thioether (sulfide) groups is 1. The molecule has 112 valence electrons. The standard InChI is InChI=1S/C12H25N5S.HI/c1-13-12(14-3-8-18-2)15-9-11-10-16-4-6-17(11)7-5-16;/h11H,3-10H2,1-2H3,(H2,13,14,15);1H. The van der Waals surface area contributed by atoms with Gasteiger partial charge in [0.1, 0.15) is 0 Å². The van der Waals surface area contributed by atoms with Gasteiger partial charge in [-0.05, 0) is 6.26 Å². The molecule has 0 amide bonds. The molecular weight excluding hydrogens is 373 g/mol. The molecule has 3 heterocycles. The molecule has 0 aromatic rings. The van der Waals surface area contributed by atoms with Crippen LogP contribution in [0.15, 0.2) is 4.99 Å². The monoisotopic (exact) mass is 399 g/mol. The highest BCUT2D eigenvalue weighted by Crippen LogP contribution is 2.14. The summed E-state index contributed by atoms with van der Waals surface area (Å²) < 4.78 is 0.